The van der Waals surface area contributed by atoms with Crippen LogP contribution in [0.3, 0.4) is 0 Å². The van der Waals surface area contributed by atoms with Crippen molar-refractivity contribution < 1.29 is 23.1 Å². The first-order valence-corrected chi connectivity index (χ1v) is 7.63. The zero-order valence-electron chi connectivity index (χ0n) is 10.6. The maximum absolute atomic E-state index is 11.6. The summed E-state index contributed by atoms with van der Waals surface area (Å²) in [7, 11) is -3.58. The minimum absolute atomic E-state index is 0.423. The van der Waals surface area contributed by atoms with Gasteiger partial charge in [0.25, 0.3) is 0 Å². The third kappa shape index (κ3) is 5.27. The molecule has 0 radical (unpaired) electrons. The quantitative estimate of drug-likeness (QED) is 0.758. The predicted molar refractivity (Wildman–Crippen MR) is 72.0 cm³/mol. The number of carbonyl (C=O) groups excluding carboxylic acids is 1. The van der Waals surface area contributed by atoms with Crippen molar-refractivity contribution in [3.8, 4) is 5.75 Å². The topological polar surface area (TPSA) is 92.7 Å². The summed E-state index contributed by atoms with van der Waals surface area (Å²) in [6.45, 7) is 1.76. The third-order valence-corrected chi connectivity index (χ3v) is 3.72. The second-order valence-corrected chi connectivity index (χ2v) is 5.98. The molecule has 0 aliphatic carbocycles. The zero-order valence-corrected chi connectivity index (χ0v) is 11.4. The number of benzene rings is 1. The Balaban J connectivity index is 2.72. The number of rotatable bonds is 7. The molecule has 1 amide bonds. The van der Waals surface area contributed by atoms with Crippen LogP contribution < -0.4 is 10.1 Å². The maximum atomic E-state index is 11.6. The smallest absolute Gasteiger partial charge is 0.239 e. The minimum Gasteiger partial charge on any atom is -0.492 e. The lowest BCUT2D eigenvalue weighted by Gasteiger charge is -2.11. The Hall–Kier alpha value is -1.60. The van der Waals surface area contributed by atoms with E-state index in [0.29, 0.717) is 18.0 Å². The maximum Gasteiger partial charge on any atom is 0.239 e. The summed E-state index contributed by atoms with van der Waals surface area (Å²) in [5.74, 6) is -1.25. The van der Waals surface area contributed by atoms with Gasteiger partial charge in [0, 0.05) is 0 Å². The molecule has 1 rings (SSSR count). The van der Waals surface area contributed by atoms with Crippen LogP contribution in [0.1, 0.15) is 6.92 Å². The molecule has 19 heavy (non-hydrogen) atoms. The molecule has 0 bridgehead atoms. The molecular weight excluding hydrogens is 270 g/mol. The standard InChI is InChI=1S/C12H17NO5S/c1-2-18-11-6-4-3-5-10(11)13-12(15)9-19(16,17)8-7-14/h3-6,14H,2,7-9H2,1H3,(H,13,15). The van der Waals surface area contributed by atoms with Gasteiger partial charge in [0.05, 0.1) is 24.7 Å². The highest BCUT2D eigenvalue weighted by molar-refractivity contribution is 7.92. The first kappa shape index (κ1) is 15.5. The van der Waals surface area contributed by atoms with E-state index in [2.05, 4.69) is 5.32 Å². The van der Waals surface area contributed by atoms with E-state index < -0.39 is 33.9 Å². The van der Waals surface area contributed by atoms with Gasteiger partial charge in [-0.15, -0.1) is 0 Å². The van der Waals surface area contributed by atoms with E-state index >= 15 is 0 Å². The van der Waals surface area contributed by atoms with Gasteiger partial charge in [-0.3, -0.25) is 4.79 Å². The number of aliphatic hydroxyl groups excluding tert-OH is 1. The molecule has 2 N–H and O–H groups in total. The van der Waals surface area contributed by atoms with Gasteiger partial charge in [0.1, 0.15) is 11.5 Å². The van der Waals surface area contributed by atoms with Gasteiger partial charge in [0.15, 0.2) is 9.84 Å². The molecule has 0 saturated carbocycles. The molecule has 1 aromatic rings. The molecule has 0 aromatic heterocycles. The van der Waals surface area contributed by atoms with Gasteiger partial charge in [-0.05, 0) is 19.1 Å². The Morgan fingerprint density at radius 1 is 1.37 bits per heavy atom. The lowest BCUT2D eigenvalue weighted by Crippen LogP contribution is -2.26. The van der Waals surface area contributed by atoms with Crippen LogP contribution in [0.25, 0.3) is 0 Å². The van der Waals surface area contributed by atoms with Crippen molar-refractivity contribution in [2.24, 2.45) is 0 Å². The number of aliphatic hydroxyl groups is 1. The molecule has 0 unspecified atom stereocenters. The van der Waals surface area contributed by atoms with Gasteiger partial charge >= 0.3 is 0 Å². The summed E-state index contributed by atoms with van der Waals surface area (Å²) in [6, 6.07) is 6.77. The number of amides is 1. The molecule has 6 nitrogen and oxygen atoms in total. The summed E-state index contributed by atoms with van der Waals surface area (Å²) >= 11 is 0. The van der Waals surface area contributed by atoms with E-state index in [4.69, 9.17) is 9.84 Å². The van der Waals surface area contributed by atoms with Gasteiger partial charge < -0.3 is 15.2 Å². The Bertz CT molecular complexity index is 527. The Morgan fingerprint density at radius 3 is 2.68 bits per heavy atom. The number of anilines is 1. The van der Waals surface area contributed by atoms with Crippen molar-refractivity contribution in [3.05, 3.63) is 24.3 Å². The average molecular weight is 287 g/mol. The van der Waals surface area contributed by atoms with Gasteiger partial charge in [-0.25, -0.2) is 8.42 Å². The number of hydrogen-bond acceptors (Lipinski definition) is 5. The molecule has 106 valence electrons. The van der Waals surface area contributed by atoms with Gasteiger partial charge in [-0.2, -0.15) is 0 Å². The lowest BCUT2D eigenvalue weighted by molar-refractivity contribution is -0.113. The molecular formula is C12H17NO5S. The highest BCUT2D eigenvalue weighted by Gasteiger charge is 2.17. The minimum atomic E-state index is -3.58. The lowest BCUT2D eigenvalue weighted by atomic mass is 10.3. The largest absolute Gasteiger partial charge is 0.492 e. The molecule has 0 aliphatic rings. The number of nitrogens with one attached hydrogen (secondary N) is 1. The summed E-state index contributed by atoms with van der Waals surface area (Å²) in [4.78, 5) is 11.6. The number of sulfone groups is 1. The second-order valence-electron chi connectivity index (χ2n) is 3.79. The summed E-state index contributed by atoms with van der Waals surface area (Å²) in [6.07, 6.45) is 0. The average Bonchev–Trinajstić information content (AvgIpc) is 2.31. The van der Waals surface area contributed by atoms with Crippen molar-refractivity contribution in [2.75, 3.05) is 30.0 Å². The van der Waals surface area contributed by atoms with Gasteiger partial charge in [0.2, 0.25) is 5.91 Å². The van der Waals surface area contributed by atoms with Crippen LogP contribution in [0.4, 0.5) is 5.69 Å². The first-order valence-electron chi connectivity index (χ1n) is 5.81. The second kappa shape index (κ2) is 7.10. The fourth-order valence-electron chi connectivity index (χ4n) is 1.45. The van der Waals surface area contributed by atoms with Crippen LogP contribution in [0.2, 0.25) is 0 Å². The zero-order chi connectivity index (χ0) is 14.3. The fourth-order valence-corrected chi connectivity index (χ4v) is 2.34. The number of ether oxygens (including phenoxy) is 1. The highest BCUT2D eigenvalue weighted by Crippen LogP contribution is 2.23. The molecule has 0 atom stereocenters. The first-order chi connectivity index (χ1) is 8.98. The normalized spacial score (nSPS) is 11.1. The van der Waals surface area contributed by atoms with Crippen molar-refractivity contribution in [2.45, 2.75) is 6.92 Å². The SMILES string of the molecule is CCOc1ccccc1NC(=O)CS(=O)(=O)CCO. The Kier molecular flexibility index (Phi) is 5.78. The van der Waals surface area contributed by atoms with Gasteiger partial charge in [-0.1, -0.05) is 12.1 Å². The molecule has 0 saturated heterocycles. The molecule has 0 aliphatic heterocycles. The Labute approximate surface area is 112 Å². The van der Waals surface area contributed by atoms with Crippen molar-refractivity contribution in [1.29, 1.82) is 0 Å². The fraction of sp³-hybridized carbons (Fsp3) is 0.417. The molecule has 0 fully saturated rings. The van der Waals surface area contributed by atoms with Crippen molar-refractivity contribution in [1.82, 2.24) is 0 Å². The van der Waals surface area contributed by atoms with E-state index in [0.717, 1.165) is 0 Å². The van der Waals surface area contributed by atoms with Crippen LogP contribution in [-0.2, 0) is 14.6 Å². The van der Waals surface area contributed by atoms with Crippen LogP contribution in [0, 0.1) is 0 Å². The molecule has 7 heteroatoms. The van der Waals surface area contributed by atoms with Crippen molar-refractivity contribution >= 4 is 21.4 Å². The number of hydrogen-bond donors (Lipinski definition) is 2. The van der Waals surface area contributed by atoms with E-state index in [9.17, 15) is 13.2 Å². The van der Waals surface area contributed by atoms with E-state index in [1.807, 2.05) is 6.92 Å². The predicted octanol–water partition coefficient (Wildman–Crippen LogP) is 0.431. The molecule has 0 heterocycles. The van der Waals surface area contributed by atoms with Crippen LogP contribution >= 0.6 is 0 Å². The van der Waals surface area contributed by atoms with Crippen LogP contribution in [0.5, 0.6) is 5.75 Å². The highest BCUT2D eigenvalue weighted by atomic mass is 32.2. The molecule has 0 spiro atoms. The third-order valence-electron chi connectivity index (χ3n) is 2.21. The Morgan fingerprint density at radius 2 is 2.05 bits per heavy atom. The van der Waals surface area contributed by atoms with E-state index in [1.165, 1.54) is 0 Å². The number of carbonyl (C=O) groups is 1. The van der Waals surface area contributed by atoms with Crippen molar-refractivity contribution in [3.63, 3.8) is 0 Å². The molecule has 1 aromatic carbocycles. The van der Waals surface area contributed by atoms with E-state index in [-0.39, 0.29) is 0 Å². The van der Waals surface area contributed by atoms with Crippen LogP contribution in [-0.4, -0.2) is 44.2 Å². The van der Waals surface area contributed by atoms with E-state index in [1.54, 1.807) is 24.3 Å². The monoisotopic (exact) mass is 287 g/mol. The summed E-state index contributed by atoms with van der Waals surface area (Å²) in [5, 5.41) is 11.1. The van der Waals surface area contributed by atoms with Crippen LogP contribution in [0.15, 0.2) is 24.3 Å². The summed E-state index contributed by atoms with van der Waals surface area (Å²) < 4.78 is 28.1. The number of para-hydroxylation sites is 2. The summed E-state index contributed by atoms with van der Waals surface area (Å²) in [5.41, 5.74) is 0.425.